The number of imidazole rings is 1. The molecule has 2 N–H and O–H groups in total. The second-order valence-electron chi connectivity index (χ2n) is 4.17. The number of aromatic nitrogens is 3. The molecule has 2 aromatic rings. The van der Waals surface area contributed by atoms with Crippen LogP contribution in [0.2, 0.25) is 0 Å². The third kappa shape index (κ3) is 1.78. The zero-order valence-corrected chi connectivity index (χ0v) is 9.41. The molecule has 5 nitrogen and oxygen atoms in total. The Labute approximate surface area is 99.3 Å². The second-order valence-corrected chi connectivity index (χ2v) is 4.17. The van der Waals surface area contributed by atoms with Gasteiger partial charge in [0.15, 0.2) is 0 Å². The van der Waals surface area contributed by atoms with Crippen LogP contribution in [-0.4, -0.2) is 27.7 Å². The smallest absolute Gasteiger partial charge is 0.0954 e. The van der Waals surface area contributed by atoms with Crippen molar-refractivity contribution < 1.29 is 4.74 Å². The predicted octanol–water partition coefficient (Wildman–Crippen LogP) is 1.49. The van der Waals surface area contributed by atoms with Gasteiger partial charge in [0.2, 0.25) is 0 Å². The lowest BCUT2D eigenvalue weighted by Gasteiger charge is -2.14. The summed E-state index contributed by atoms with van der Waals surface area (Å²) in [5.41, 5.74) is 8.62. The van der Waals surface area contributed by atoms with E-state index in [0.29, 0.717) is 6.04 Å². The van der Waals surface area contributed by atoms with Crippen molar-refractivity contribution in [1.82, 2.24) is 14.5 Å². The fourth-order valence-corrected chi connectivity index (χ4v) is 2.16. The minimum Gasteiger partial charge on any atom is -0.398 e. The Morgan fingerprint density at radius 1 is 1.35 bits per heavy atom. The summed E-state index contributed by atoms with van der Waals surface area (Å²) in [6, 6.07) is 2.16. The first kappa shape index (κ1) is 10.3. The third-order valence-corrected chi connectivity index (χ3v) is 3.10. The molecule has 3 heterocycles. The largest absolute Gasteiger partial charge is 0.398 e. The van der Waals surface area contributed by atoms with Crippen LogP contribution in [0.4, 0.5) is 5.69 Å². The first-order chi connectivity index (χ1) is 8.36. The van der Waals surface area contributed by atoms with Crippen LogP contribution >= 0.6 is 0 Å². The molecule has 1 unspecified atom stereocenters. The van der Waals surface area contributed by atoms with Gasteiger partial charge in [-0.25, -0.2) is 4.98 Å². The van der Waals surface area contributed by atoms with Crippen LogP contribution in [0, 0.1) is 0 Å². The van der Waals surface area contributed by atoms with Crippen LogP contribution in [0.5, 0.6) is 0 Å². The Morgan fingerprint density at radius 2 is 2.29 bits per heavy atom. The molecule has 1 aliphatic heterocycles. The summed E-state index contributed by atoms with van der Waals surface area (Å²) >= 11 is 0. The third-order valence-electron chi connectivity index (χ3n) is 3.10. The summed E-state index contributed by atoms with van der Waals surface area (Å²) < 4.78 is 7.53. The van der Waals surface area contributed by atoms with Gasteiger partial charge in [0.05, 0.1) is 30.9 Å². The van der Waals surface area contributed by atoms with Gasteiger partial charge in [0.25, 0.3) is 0 Å². The molecule has 1 fully saturated rings. The van der Waals surface area contributed by atoms with Crippen molar-refractivity contribution in [1.29, 1.82) is 0 Å². The van der Waals surface area contributed by atoms with E-state index in [1.54, 1.807) is 18.5 Å². The lowest BCUT2D eigenvalue weighted by molar-refractivity contribution is 0.187. The maximum atomic E-state index is 5.97. The van der Waals surface area contributed by atoms with E-state index in [4.69, 9.17) is 10.5 Å². The van der Waals surface area contributed by atoms with E-state index >= 15 is 0 Å². The maximum Gasteiger partial charge on any atom is 0.0954 e. The van der Waals surface area contributed by atoms with Crippen molar-refractivity contribution in [3.8, 4) is 11.3 Å². The molecule has 0 amide bonds. The molecule has 1 saturated heterocycles. The van der Waals surface area contributed by atoms with Gasteiger partial charge in [-0.3, -0.25) is 4.98 Å². The zero-order valence-electron chi connectivity index (χ0n) is 9.41. The summed E-state index contributed by atoms with van der Waals surface area (Å²) in [6.07, 6.45) is 8.15. The van der Waals surface area contributed by atoms with E-state index in [1.165, 1.54) is 0 Å². The average Bonchev–Trinajstić information content (AvgIpc) is 3.00. The number of pyridine rings is 1. The van der Waals surface area contributed by atoms with Crippen molar-refractivity contribution in [2.45, 2.75) is 12.5 Å². The van der Waals surface area contributed by atoms with Crippen LogP contribution in [-0.2, 0) is 4.74 Å². The number of nitrogens with zero attached hydrogens (tertiary/aromatic N) is 3. The maximum absolute atomic E-state index is 5.97. The molecule has 5 heteroatoms. The highest BCUT2D eigenvalue weighted by atomic mass is 16.5. The summed E-state index contributed by atoms with van der Waals surface area (Å²) in [5, 5.41) is 0. The first-order valence-electron chi connectivity index (χ1n) is 5.65. The first-order valence-corrected chi connectivity index (χ1v) is 5.65. The van der Waals surface area contributed by atoms with Crippen LogP contribution in [0.25, 0.3) is 11.3 Å². The summed E-state index contributed by atoms with van der Waals surface area (Å²) in [7, 11) is 0. The molecule has 1 aliphatic rings. The van der Waals surface area contributed by atoms with Gasteiger partial charge in [-0.2, -0.15) is 0 Å². The second kappa shape index (κ2) is 4.18. The molecule has 88 valence electrons. The van der Waals surface area contributed by atoms with E-state index in [0.717, 1.165) is 36.6 Å². The summed E-state index contributed by atoms with van der Waals surface area (Å²) in [6.45, 7) is 1.55. The summed E-state index contributed by atoms with van der Waals surface area (Å²) in [4.78, 5) is 8.33. The molecule has 0 aliphatic carbocycles. The van der Waals surface area contributed by atoms with E-state index in [2.05, 4.69) is 14.5 Å². The van der Waals surface area contributed by atoms with Crippen LogP contribution in [0.1, 0.15) is 12.5 Å². The highest BCUT2D eigenvalue weighted by Crippen LogP contribution is 2.29. The fourth-order valence-electron chi connectivity index (χ4n) is 2.16. The lowest BCUT2D eigenvalue weighted by atomic mass is 10.1. The van der Waals surface area contributed by atoms with Crippen molar-refractivity contribution in [3.63, 3.8) is 0 Å². The predicted molar refractivity (Wildman–Crippen MR) is 64.3 cm³/mol. The summed E-state index contributed by atoms with van der Waals surface area (Å²) in [5.74, 6) is 0. The van der Waals surface area contributed by atoms with Crippen molar-refractivity contribution in [2.24, 2.45) is 0 Å². The minimum absolute atomic E-state index is 0.354. The van der Waals surface area contributed by atoms with Crippen LogP contribution in [0.15, 0.2) is 31.0 Å². The van der Waals surface area contributed by atoms with Gasteiger partial charge in [0, 0.05) is 30.3 Å². The molecule has 17 heavy (non-hydrogen) atoms. The number of ether oxygens (including phenoxy) is 1. The Morgan fingerprint density at radius 3 is 3.06 bits per heavy atom. The molecule has 3 rings (SSSR count). The molecular weight excluding hydrogens is 216 g/mol. The molecule has 2 aromatic heterocycles. The topological polar surface area (TPSA) is 66.0 Å². The van der Waals surface area contributed by atoms with Gasteiger partial charge < -0.3 is 15.0 Å². The molecular formula is C12H14N4O. The SMILES string of the molecule is Nc1ccncc1-c1cncn1C1CCOC1. The van der Waals surface area contributed by atoms with Gasteiger partial charge in [-0.05, 0) is 12.5 Å². The number of rotatable bonds is 2. The quantitative estimate of drug-likeness (QED) is 0.848. The standard InChI is InChI=1S/C12H14N4O/c13-11-1-3-14-5-10(11)12-6-15-8-16(12)9-2-4-17-7-9/h1,3,5-6,8-9H,2,4,7H2,(H2,13,14). The van der Waals surface area contributed by atoms with Crippen LogP contribution in [0.3, 0.4) is 0 Å². The van der Waals surface area contributed by atoms with Gasteiger partial charge in [-0.15, -0.1) is 0 Å². The Bertz CT molecular complexity index is 517. The van der Waals surface area contributed by atoms with Crippen molar-refractivity contribution in [2.75, 3.05) is 18.9 Å². The van der Waals surface area contributed by atoms with Gasteiger partial charge in [0.1, 0.15) is 0 Å². The van der Waals surface area contributed by atoms with Crippen molar-refractivity contribution in [3.05, 3.63) is 31.0 Å². The van der Waals surface area contributed by atoms with E-state index in [-0.39, 0.29) is 0 Å². The van der Waals surface area contributed by atoms with Gasteiger partial charge >= 0.3 is 0 Å². The minimum atomic E-state index is 0.354. The molecule has 0 radical (unpaired) electrons. The number of nitrogens with two attached hydrogens (primary N) is 1. The molecule has 0 saturated carbocycles. The fraction of sp³-hybridized carbons (Fsp3) is 0.333. The van der Waals surface area contributed by atoms with E-state index < -0.39 is 0 Å². The Hall–Kier alpha value is -1.88. The zero-order chi connectivity index (χ0) is 11.7. The monoisotopic (exact) mass is 230 g/mol. The Balaban J connectivity index is 2.04. The number of hydrogen-bond acceptors (Lipinski definition) is 4. The molecule has 0 aromatic carbocycles. The normalized spacial score (nSPS) is 19.6. The molecule has 0 spiro atoms. The highest BCUT2D eigenvalue weighted by molar-refractivity contribution is 5.72. The molecule has 0 bridgehead atoms. The van der Waals surface area contributed by atoms with Gasteiger partial charge in [-0.1, -0.05) is 0 Å². The number of anilines is 1. The lowest BCUT2D eigenvalue weighted by Crippen LogP contribution is -2.09. The highest BCUT2D eigenvalue weighted by Gasteiger charge is 2.20. The molecule has 1 atom stereocenters. The van der Waals surface area contributed by atoms with Crippen LogP contribution < -0.4 is 5.73 Å². The number of hydrogen-bond donors (Lipinski definition) is 1. The van der Waals surface area contributed by atoms with E-state index in [1.807, 2.05) is 12.5 Å². The van der Waals surface area contributed by atoms with Crippen molar-refractivity contribution >= 4 is 5.69 Å². The number of nitrogen functional groups attached to an aromatic ring is 1. The average molecular weight is 230 g/mol. The van der Waals surface area contributed by atoms with E-state index in [9.17, 15) is 0 Å². The Kier molecular flexibility index (Phi) is 2.53.